The van der Waals surface area contributed by atoms with E-state index in [1.54, 1.807) is 24.3 Å². The number of carboxylic acids is 1. The molecule has 0 spiro atoms. The number of rotatable bonds is 16. The van der Waals surface area contributed by atoms with Crippen LogP contribution in [0, 0.1) is 5.92 Å². The first-order valence-electron chi connectivity index (χ1n) is 16.7. The van der Waals surface area contributed by atoms with Gasteiger partial charge in [0, 0.05) is 5.75 Å². The van der Waals surface area contributed by atoms with Crippen LogP contribution in [0.5, 0.6) is 11.5 Å². The number of aromatic hydroxyl groups is 2. The Labute approximate surface area is 288 Å². The summed E-state index contributed by atoms with van der Waals surface area (Å²) in [4.78, 5) is 23.3. The monoisotopic (exact) mass is 676 g/mol. The van der Waals surface area contributed by atoms with Crippen LogP contribution in [0.1, 0.15) is 130 Å². The Hall–Kier alpha value is -2.32. The van der Waals surface area contributed by atoms with Crippen LogP contribution in [0.25, 0.3) is 0 Å². The van der Waals surface area contributed by atoms with Crippen LogP contribution in [0.2, 0.25) is 0 Å². The van der Waals surface area contributed by atoms with Gasteiger partial charge in [0.15, 0.2) is 0 Å². The Bertz CT molecular complexity index is 1160. The van der Waals surface area contributed by atoms with Gasteiger partial charge >= 0.3 is 11.9 Å². The molecule has 0 heterocycles. The highest BCUT2D eigenvalue weighted by molar-refractivity contribution is 7.99. The lowest BCUT2D eigenvalue weighted by atomic mass is 9.78. The highest BCUT2D eigenvalue weighted by Gasteiger charge is 2.27. The van der Waals surface area contributed by atoms with Crippen molar-refractivity contribution < 1.29 is 29.6 Å². The number of carbonyl (C=O) groups excluding carboxylic acids is 1. The first kappa shape index (κ1) is 41.7. The van der Waals surface area contributed by atoms with Crippen molar-refractivity contribution in [1.29, 1.82) is 0 Å². The molecule has 260 valence electrons. The number of esters is 1. The number of benzene rings is 2. The zero-order chi connectivity index (χ0) is 35.1. The van der Waals surface area contributed by atoms with Gasteiger partial charge in [0.1, 0.15) is 22.0 Å². The molecule has 6 nitrogen and oxygen atoms in total. The van der Waals surface area contributed by atoms with E-state index in [4.69, 9.17) is 9.84 Å². The van der Waals surface area contributed by atoms with Crippen LogP contribution in [0.4, 0.5) is 0 Å². The number of thiol groups is 1. The van der Waals surface area contributed by atoms with Crippen LogP contribution in [-0.2, 0) is 37.3 Å². The van der Waals surface area contributed by atoms with Crippen LogP contribution in [0.3, 0.4) is 0 Å². The summed E-state index contributed by atoms with van der Waals surface area (Å²) in [5.74, 6) is 0.950. The molecule has 0 aliphatic carbocycles. The molecular formula is C38H60O6S2. The van der Waals surface area contributed by atoms with Crippen molar-refractivity contribution in [2.45, 2.75) is 141 Å². The number of ether oxygens (including phenoxy) is 1. The summed E-state index contributed by atoms with van der Waals surface area (Å²) >= 11 is 5.74. The van der Waals surface area contributed by atoms with E-state index in [-0.39, 0.29) is 27.8 Å². The lowest BCUT2D eigenvalue weighted by Crippen LogP contribution is -2.20. The molecule has 0 saturated heterocycles. The quantitative estimate of drug-likeness (QED) is 0.0797. The van der Waals surface area contributed by atoms with E-state index in [9.17, 15) is 19.8 Å². The third-order valence-corrected chi connectivity index (χ3v) is 9.37. The maximum atomic E-state index is 11.7. The molecule has 2 atom stereocenters. The van der Waals surface area contributed by atoms with Crippen molar-refractivity contribution >= 4 is 36.3 Å². The molecule has 0 amide bonds. The third-order valence-electron chi connectivity index (χ3n) is 7.64. The molecule has 0 aromatic heterocycles. The van der Waals surface area contributed by atoms with Crippen molar-refractivity contribution in [3.63, 3.8) is 0 Å². The summed E-state index contributed by atoms with van der Waals surface area (Å²) in [6.07, 6.45) is 7.56. The fraction of sp³-hybridized carbons (Fsp3) is 0.632. The van der Waals surface area contributed by atoms with E-state index >= 15 is 0 Å². The Balaban J connectivity index is 0.000000527. The molecule has 8 heteroatoms. The van der Waals surface area contributed by atoms with E-state index in [2.05, 4.69) is 80.2 Å². The third kappa shape index (κ3) is 16.0. The molecule has 46 heavy (non-hydrogen) atoms. The van der Waals surface area contributed by atoms with E-state index in [1.165, 1.54) is 24.6 Å². The van der Waals surface area contributed by atoms with Crippen molar-refractivity contribution in [2.75, 3.05) is 6.61 Å². The standard InChI is InChI=1S/C25H42O3S.C13H18O3S/c1-17(2)12-10-9-11-13-21(23(27)28)29-16-18-14-19(24(3,4)5)22(26)20(15-18)25(6,7)8;1-2-3-8-16-13(15)12(17)9-10-4-6-11(14)7-5-10/h14-15,17,21,26H,9-13,16H2,1-8H3,(H,27,28);4-7,12,14,17H,2-3,8-9H2,1H3. The summed E-state index contributed by atoms with van der Waals surface area (Å²) in [5, 5.41) is 28.8. The van der Waals surface area contributed by atoms with Gasteiger partial charge < -0.3 is 20.1 Å². The van der Waals surface area contributed by atoms with Crippen LogP contribution < -0.4 is 0 Å². The van der Waals surface area contributed by atoms with Gasteiger partial charge in [0.2, 0.25) is 0 Å². The lowest BCUT2D eigenvalue weighted by Gasteiger charge is -2.28. The fourth-order valence-electron chi connectivity index (χ4n) is 4.81. The second kappa shape index (κ2) is 20.1. The van der Waals surface area contributed by atoms with E-state index in [1.807, 2.05) is 6.92 Å². The first-order chi connectivity index (χ1) is 21.4. The smallest absolute Gasteiger partial charge is 0.319 e. The molecular weight excluding hydrogens is 617 g/mol. The van der Waals surface area contributed by atoms with Crippen LogP contribution in [0.15, 0.2) is 36.4 Å². The number of aliphatic carboxylic acids is 1. The highest BCUT2D eigenvalue weighted by atomic mass is 32.2. The molecule has 0 fully saturated rings. The van der Waals surface area contributed by atoms with Gasteiger partial charge in [-0.05, 0) is 70.4 Å². The maximum absolute atomic E-state index is 11.7. The number of thioether (sulfide) groups is 1. The average Bonchev–Trinajstić information content (AvgIpc) is 2.95. The van der Waals surface area contributed by atoms with E-state index in [0.717, 1.165) is 47.9 Å². The predicted molar refractivity (Wildman–Crippen MR) is 197 cm³/mol. The van der Waals surface area contributed by atoms with Crippen LogP contribution >= 0.6 is 24.4 Å². The van der Waals surface area contributed by atoms with Crippen molar-refractivity contribution in [3.8, 4) is 11.5 Å². The summed E-state index contributed by atoms with van der Waals surface area (Å²) in [7, 11) is 0. The number of carboxylic acid groups (broad SMARTS) is 1. The topological polar surface area (TPSA) is 104 Å². The predicted octanol–water partition coefficient (Wildman–Crippen LogP) is 9.86. The molecule has 2 unspecified atom stereocenters. The summed E-state index contributed by atoms with van der Waals surface area (Å²) < 4.78 is 5.08. The number of unbranched alkanes of at least 4 members (excludes halogenated alkanes) is 3. The molecule has 3 N–H and O–H groups in total. The Morgan fingerprint density at radius 2 is 1.39 bits per heavy atom. The molecule has 0 bridgehead atoms. The number of hydrogen-bond donors (Lipinski definition) is 4. The summed E-state index contributed by atoms with van der Waals surface area (Å²) in [6, 6.07) is 10.9. The molecule has 0 radical (unpaired) electrons. The Kier molecular flexibility index (Phi) is 18.3. The summed E-state index contributed by atoms with van der Waals surface area (Å²) in [5.41, 5.74) is 3.56. The minimum Gasteiger partial charge on any atom is -0.508 e. The second-order valence-corrected chi connectivity index (χ2v) is 16.4. The fourth-order valence-corrected chi connectivity index (χ4v) is 6.13. The van der Waals surface area contributed by atoms with Gasteiger partial charge in [0.25, 0.3) is 0 Å². The molecule has 0 aliphatic heterocycles. The van der Waals surface area contributed by atoms with Crippen LogP contribution in [-0.4, -0.2) is 44.4 Å². The zero-order valence-electron chi connectivity index (χ0n) is 29.7. The van der Waals surface area contributed by atoms with Gasteiger partial charge in [-0.2, -0.15) is 12.6 Å². The normalized spacial score (nSPS) is 13.1. The first-order valence-corrected chi connectivity index (χ1v) is 18.3. The largest absolute Gasteiger partial charge is 0.508 e. The van der Waals surface area contributed by atoms with E-state index in [0.29, 0.717) is 36.9 Å². The van der Waals surface area contributed by atoms with Gasteiger partial charge in [0.05, 0.1) is 6.61 Å². The molecule has 2 aromatic carbocycles. The summed E-state index contributed by atoms with van der Waals surface area (Å²) in [6.45, 7) is 19.6. The maximum Gasteiger partial charge on any atom is 0.319 e. The molecule has 0 saturated carbocycles. The molecule has 0 aliphatic rings. The van der Waals surface area contributed by atoms with Gasteiger partial charge in [-0.25, -0.2) is 0 Å². The Morgan fingerprint density at radius 1 is 0.848 bits per heavy atom. The van der Waals surface area contributed by atoms with Gasteiger partial charge in [-0.15, -0.1) is 11.8 Å². The number of carbonyl (C=O) groups is 2. The number of phenolic OH excluding ortho intramolecular Hbond substituents is 2. The average molecular weight is 677 g/mol. The number of phenols is 2. The van der Waals surface area contributed by atoms with E-state index < -0.39 is 11.2 Å². The van der Waals surface area contributed by atoms with Crippen molar-refractivity contribution in [1.82, 2.24) is 0 Å². The van der Waals surface area contributed by atoms with Crippen molar-refractivity contribution in [3.05, 3.63) is 58.7 Å². The SMILES string of the molecule is CC(C)CCCCCC(SCc1cc(C(C)(C)C)c(O)c(C(C)(C)C)c1)C(=O)O.CCCCOC(=O)C(S)Cc1ccc(O)cc1. The molecule has 2 aromatic rings. The lowest BCUT2D eigenvalue weighted by molar-refractivity contribution is -0.143. The van der Waals surface area contributed by atoms with Gasteiger partial charge in [-0.1, -0.05) is 119 Å². The Morgan fingerprint density at radius 3 is 1.87 bits per heavy atom. The zero-order valence-corrected chi connectivity index (χ0v) is 31.4. The molecule has 2 rings (SSSR count). The second-order valence-electron chi connectivity index (χ2n) is 14.6. The van der Waals surface area contributed by atoms with Gasteiger partial charge in [-0.3, -0.25) is 9.59 Å². The van der Waals surface area contributed by atoms with Crippen molar-refractivity contribution in [2.24, 2.45) is 5.92 Å². The minimum atomic E-state index is -0.718. The minimum absolute atomic E-state index is 0.173. The number of hydrogen-bond acceptors (Lipinski definition) is 7. The highest BCUT2D eigenvalue weighted by Crippen LogP contribution is 2.40.